The van der Waals surface area contributed by atoms with Gasteiger partial charge in [0.2, 0.25) is 5.91 Å². The van der Waals surface area contributed by atoms with Gasteiger partial charge in [0.15, 0.2) is 0 Å². The van der Waals surface area contributed by atoms with Gasteiger partial charge >= 0.3 is 5.97 Å². The van der Waals surface area contributed by atoms with E-state index < -0.39 is 5.97 Å². The summed E-state index contributed by atoms with van der Waals surface area (Å²) < 4.78 is 0. The number of aliphatic carboxylic acids is 1. The zero-order valence-corrected chi connectivity index (χ0v) is 9.56. The van der Waals surface area contributed by atoms with Gasteiger partial charge in [-0.2, -0.15) is 0 Å². The van der Waals surface area contributed by atoms with Crippen molar-refractivity contribution >= 4 is 11.9 Å². The average Bonchev–Trinajstić information content (AvgIpc) is 2.15. The molecule has 1 saturated heterocycles. The molecule has 2 aliphatic rings. The number of rotatable bonds is 2. The van der Waals surface area contributed by atoms with E-state index in [0.29, 0.717) is 6.04 Å². The smallest absolute Gasteiger partial charge is 0.306 e. The van der Waals surface area contributed by atoms with Crippen molar-refractivity contribution in [2.75, 3.05) is 26.2 Å². The Kier molecular flexibility index (Phi) is 3.14. The van der Waals surface area contributed by atoms with Gasteiger partial charge in [-0.05, 0) is 12.8 Å². The van der Waals surface area contributed by atoms with Crippen LogP contribution in [-0.4, -0.2) is 59.0 Å². The van der Waals surface area contributed by atoms with Gasteiger partial charge in [-0.15, -0.1) is 0 Å². The minimum atomic E-state index is -0.668. The second-order valence-corrected chi connectivity index (χ2v) is 4.70. The van der Waals surface area contributed by atoms with Gasteiger partial charge in [0.1, 0.15) is 0 Å². The second kappa shape index (κ2) is 4.41. The molecule has 1 N–H and O–H groups in total. The first-order chi connectivity index (χ1) is 7.58. The molecule has 0 aromatic carbocycles. The molecule has 1 aliphatic carbocycles. The van der Waals surface area contributed by atoms with Gasteiger partial charge in [0, 0.05) is 39.1 Å². The van der Waals surface area contributed by atoms with Crippen molar-refractivity contribution in [3.63, 3.8) is 0 Å². The van der Waals surface area contributed by atoms with Crippen molar-refractivity contribution in [2.45, 2.75) is 25.8 Å². The second-order valence-electron chi connectivity index (χ2n) is 4.70. The first-order valence-electron chi connectivity index (χ1n) is 5.80. The normalized spacial score (nSPS) is 30.9. The summed E-state index contributed by atoms with van der Waals surface area (Å²) >= 11 is 0. The van der Waals surface area contributed by atoms with Crippen LogP contribution in [0.25, 0.3) is 0 Å². The van der Waals surface area contributed by atoms with Crippen LogP contribution in [0.3, 0.4) is 0 Å². The first kappa shape index (κ1) is 11.4. The molecule has 0 bridgehead atoms. The number of hydrogen-bond acceptors (Lipinski definition) is 3. The average molecular weight is 226 g/mol. The Bertz CT molecular complexity index is 292. The van der Waals surface area contributed by atoms with Crippen LogP contribution < -0.4 is 0 Å². The highest BCUT2D eigenvalue weighted by Gasteiger charge is 2.38. The summed E-state index contributed by atoms with van der Waals surface area (Å²) in [5.41, 5.74) is 0. The van der Waals surface area contributed by atoms with Gasteiger partial charge < -0.3 is 10.0 Å². The Balaban J connectivity index is 1.75. The Morgan fingerprint density at radius 2 is 1.69 bits per heavy atom. The van der Waals surface area contributed by atoms with Crippen LogP contribution in [0, 0.1) is 5.92 Å². The van der Waals surface area contributed by atoms with Crippen LogP contribution in [-0.2, 0) is 9.59 Å². The van der Waals surface area contributed by atoms with Gasteiger partial charge in [0.25, 0.3) is 0 Å². The van der Waals surface area contributed by atoms with Gasteiger partial charge in [-0.25, -0.2) is 0 Å². The lowest BCUT2D eigenvalue weighted by Gasteiger charge is -2.45. The summed E-state index contributed by atoms with van der Waals surface area (Å²) in [5.74, 6) is -0.675. The largest absolute Gasteiger partial charge is 0.481 e. The summed E-state index contributed by atoms with van der Waals surface area (Å²) in [6.45, 7) is 4.93. The molecule has 5 heteroatoms. The lowest BCUT2D eigenvalue weighted by Crippen LogP contribution is -2.55. The molecule has 0 spiro atoms. The monoisotopic (exact) mass is 226 g/mol. The molecule has 0 atom stereocenters. The fourth-order valence-corrected chi connectivity index (χ4v) is 2.49. The molecule has 16 heavy (non-hydrogen) atoms. The van der Waals surface area contributed by atoms with E-state index in [9.17, 15) is 9.59 Å². The van der Waals surface area contributed by atoms with Crippen LogP contribution in [0.2, 0.25) is 0 Å². The molecule has 5 nitrogen and oxygen atoms in total. The van der Waals surface area contributed by atoms with Gasteiger partial charge in [0.05, 0.1) is 5.92 Å². The van der Waals surface area contributed by atoms with E-state index in [4.69, 9.17) is 5.11 Å². The van der Waals surface area contributed by atoms with Crippen molar-refractivity contribution in [3.05, 3.63) is 0 Å². The SMILES string of the molecule is CC(=O)N1CCN(C2CC(C(=O)O)C2)CC1. The number of carbonyl (C=O) groups excluding carboxylic acids is 1. The molecule has 1 aliphatic heterocycles. The standard InChI is InChI=1S/C11H18N2O3/c1-8(14)12-2-4-13(5-3-12)10-6-9(7-10)11(15)16/h9-10H,2-7H2,1H3,(H,15,16). The molecule has 1 saturated carbocycles. The highest BCUT2D eigenvalue weighted by Crippen LogP contribution is 2.32. The number of nitrogens with zero attached hydrogens (tertiary/aromatic N) is 2. The van der Waals surface area contributed by atoms with E-state index in [0.717, 1.165) is 39.0 Å². The minimum Gasteiger partial charge on any atom is -0.481 e. The molecule has 0 aromatic rings. The maximum Gasteiger partial charge on any atom is 0.306 e. The zero-order chi connectivity index (χ0) is 11.7. The summed E-state index contributed by atoms with van der Waals surface area (Å²) in [6.07, 6.45) is 1.55. The van der Waals surface area contributed by atoms with E-state index in [1.165, 1.54) is 0 Å². The maximum absolute atomic E-state index is 11.1. The van der Waals surface area contributed by atoms with Crippen LogP contribution >= 0.6 is 0 Å². The molecule has 1 amide bonds. The van der Waals surface area contributed by atoms with Crippen molar-refractivity contribution in [3.8, 4) is 0 Å². The Morgan fingerprint density at radius 1 is 1.12 bits per heavy atom. The van der Waals surface area contributed by atoms with Crippen molar-refractivity contribution in [1.29, 1.82) is 0 Å². The van der Waals surface area contributed by atoms with Crippen molar-refractivity contribution in [2.24, 2.45) is 5.92 Å². The molecule has 0 radical (unpaired) electrons. The first-order valence-corrected chi connectivity index (χ1v) is 5.80. The number of hydrogen-bond donors (Lipinski definition) is 1. The molecule has 2 fully saturated rings. The minimum absolute atomic E-state index is 0.136. The summed E-state index contributed by atoms with van der Waals surface area (Å²) in [4.78, 5) is 26.0. The highest BCUT2D eigenvalue weighted by atomic mass is 16.4. The number of carbonyl (C=O) groups is 2. The van der Waals surface area contributed by atoms with Crippen LogP contribution in [0.1, 0.15) is 19.8 Å². The van der Waals surface area contributed by atoms with Crippen molar-refractivity contribution < 1.29 is 14.7 Å². The molecular formula is C11H18N2O3. The molecular weight excluding hydrogens is 208 g/mol. The number of amides is 1. The van der Waals surface area contributed by atoms with Gasteiger partial charge in [-0.1, -0.05) is 0 Å². The van der Waals surface area contributed by atoms with E-state index in [2.05, 4.69) is 4.90 Å². The van der Waals surface area contributed by atoms with Crippen LogP contribution in [0.5, 0.6) is 0 Å². The topological polar surface area (TPSA) is 60.9 Å². The molecule has 0 unspecified atom stereocenters. The van der Waals surface area contributed by atoms with Gasteiger partial charge in [-0.3, -0.25) is 14.5 Å². The molecule has 90 valence electrons. The number of piperazine rings is 1. The molecule has 1 heterocycles. The Labute approximate surface area is 95.0 Å². The molecule has 2 rings (SSSR count). The third-order valence-electron chi connectivity index (χ3n) is 3.74. The predicted molar refractivity (Wildman–Crippen MR) is 58.0 cm³/mol. The lowest BCUT2D eigenvalue weighted by molar-refractivity contribution is -0.147. The van der Waals surface area contributed by atoms with Crippen LogP contribution in [0.4, 0.5) is 0 Å². The van der Waals surface area contributed by atoms with E-state index in [1.54, 1.807) is 6.92 Å². The number of carboxylic acids is 1. The molecule has 0 aromatic heterocycles. The van der Waals surface area contributed by atoms with E-state index in [-0.39, 0.29) is 11.8 Å². The zero-order valence-electron chi connectivity index (χ0n) is 9.56. The number of carboxylic acid groups (broad SMARTS) is 1. The highest BCUT2D eigenvalue weighted by molar-refractivity contribution is 5.73. The summed E-state index contributed by atoms with van der Waals surface area (Å²) in [6, 6.07) is 0.426. The predicted octanol–water partition coefficient (Wildman–Crippen LogP) is 0.0137. The third kappa shape index (κ3) is 2.19. The fourth-order valence-electron chi connectivity index (χ4n) is 2.49. The maximum atomic E-state index is 11.1. The lowest BCUT2D eigenvalue weighted by atomic mass is 9.79. The quantitative estimate of drug-likeness (QED) is 0.720. The Morgan fingerprint density at radius 3 is 2.12 bits per heavy atom. The summed E-state index contributed by atoms with van der Waals surface area (Å²) in [5, 5.41) is 8.79. The fraction of sp³-hybridized carbons (Fsp3) is 0.818. The van der Waals surface area contributed by atoms with Crippen molar-refractivity contribution in [1.82, 2.24) is 9.80 Å². The Hall–Kier alpha value is -1.10. The van der Waals surface area contributed by atoms with E-state index in [1.807, 2.05) is 4.90 Å². The third-order valence-corrected chi connectivity index (χ3v) is 3.74. The van der Waals surface area contributed by atoms with E-state index >= 15 is 0 Å². The van der Waals surface area contributed by atoms with Crippen LogP contribution in [0.15, 0.2) is 0 Å². The summed E-state index contributed by atoms with van der Waals surface area (Å²) in [7, 11) is 0.